The summed E-state index contributed by atoms with van der Waals surface area (Å²) < 4.78 is 80.6. The first-order valence-corrected chi connectivity index (χ1v) is 14.4. The first-order chi connectivity index (χ1) is 17.5. The molecule has 14 heteroatoms. The van der Waals surface area contributed by atoms with Crippen molar-refractivity contribution in [3.63, 3.8) is 0 Å². The van der Waals surface area contributed by atoms with Crippen LogP contribution in [-0.2, 0) is 34.5 Å². The number of thiophene rings is 1. The predicted octanol–water partition coefficient (Wildman–Crippen LogP) is 4.60. The molecule has 3 aliphatic rings. The first kappa shape index (κ1) is 26.1. The number of halogens is 4. The zero-order valence-corrected chi connectivity index (χ0v) is 21.5. The monoisotopic (exact) mass is 559 g/mol. The molecule has 0 aromatic carbocycles. The van der Waals surface area contributed by atoms with Crippen molar-refractivity contribution in [2.75, 3.05) is 11.1 Å². The molecule has 37 heavy (non-hydrogen) atoms. The summed E-state index contributed by atoms with van der Waals surface area (Å²) in [6, 6.07) is 3.28. The molecule has 0 radical (unpaired) electrons. The van der Waals surface area contributed by atoms with Crippen LogP contribution < -0.4 is 5.32 Å². The number of anilines is 1. The zero-order valence-electron chi connectivity index (χ0n) is 19.8. The Balaban J connectivity index is 1.40. The third-order valence-electron chi connectivity index (χ3n) is 6.92. The molecule has 0 saturated heterocycles. The molecular formula is C23H25F4N5O3S2. The van der Waals surface area contributed by atoms with Gasteiger partial charge in [-0.15, -0.1) is 11.3 Å². The minimum atomic E-state index is -3.87. The molecule has 0 aliphatic heterocycles. The van der Waals surface area contributed by atoms with E-state index in [0.29, 0.717) is 18.4 Å². The fourth-order valence-electron chi connectivity index (χ4n) is 4.74. The van der Waals surface area contributed by atoms with Crippen molar-refractivity contribution in [3.8, 4) is 0 Å². The van der Waals surface area contributed by atoms with Gasteiger partial charge in [-0.2, -0.15) is 10.1 Å². The van der Waals surface area contributed by atoms with Crippen LogP contribution in [0, 0.1) is 11.8 Å². The van der Waals surface area contributed by atoms with E-state index >= 15 is 0 Å². The molecule has 2 saturated carbocycles. The number of alkyl halides is 4. The lowest BCUT2D eigenvalue weighted by Crippen LogP contribution is -2.31. The number of fused-ring (bicyclic) bond motifs is 1. The molecule has 1 N–H and O–H groups in total. The zero-order chi connectivity index (χ0) is 26.5. The normalized spacial score (nSPS) is 26.7. The number of rotatable bonds is 8. The Morgan fingerprint density at radius 1 is 1.32 bits per heavy atom. The predicted molar refractivity (Wildman–Crippen MR) is 129 cm³/mol. The lowest BCUT2D eigenvalue weighted by molar-refractivity contribution is -0.117. The van der Waals surface area contributed by atoms with Crippen LogP contribution in [-0.4, -0.2) is 54.3 Å². The van der Waals surface area contributed by atoms with E-state index in [9.17, 15) is 30.8 Å². The lowest BCUT2D eigenvalue weighted by Gasteiger charge is -2.29. The van der Waals surface area contributed by atoms with Crippen LogP contribution in [0.5, 0.6) is 0 Å². The van der Waals surface area contributed by atoms with E-state index in [-0.39, 0.29) is 59.1 Å². The average Bonchev–Trinajstić information content (AvgIpc) is 3.25. The summed E-state index contributed by atoms with van der Waals surface area (Å²) in [5.74, 6) is -1.69. The second-order valence-electron chi connectivity index (χ2n) is 9.81. The number of aromatic nitrogens is 2. The molecule has 0 bridgehead atoms. The maximum Gasteiger partial charge on any atom is 0.282 e. The maximum absolute atomic E-state index is 13.5. The molecule has 8 nitrogen and oxygen atoms in total. The molecule has 200 valence electrons. The van der Waals surface area contributed by atoms with E-state index < -0.39 is 46.1 Å². The van der Waals surface area contributed by atoms with Crippen LogP contribution in [0.2, 0.25) is 0 Å². The van der Waals surface area contributed by atoms with Crippen molar-refractivity contribution in [1.29, 1.82) is 0 Å². The van der Waals surface area contributed by atoms with Gasteiger partial charge in [0, 0.05) is 18.0 Å². The molecular weight excluding hydrogens is 534 g/mol. The van der Waals surface area contributed by atoms with Crippen LogP contribution in [0.25, 0.3) is 0 Å². The topological polar surface area (TPSA) is 106 Å². The van der Waals surface area contributed by atoms with E-state index in [1.807, 2.05) is 0 Å². The quantitative estimate of drug-likeness (QED) is 0.377. The van der Waals surface area contributed by atoms with Crippen molar-refractivity contribution >= 4 is 43.9 Å². The number of sulfone groups is 1. The Kier molecular flexibility index (Phi) is 7.01. The van der Waals surface area contributed by atoms with Crippen molar-refractivity contribution < 1.29 is 30.8 Å². The standard InChI is InChI=1S/C23H25F4N5O3S2/c1-32-19(8-17(31-32)21(26)27)29-10-28-13-2-3-18-15(6-13)20(37(34,35)9-11-4-12(24)5-11)23(36-18)30-22(33)14-7-16(14)25/h8,11-14,16,21H,2-7,9H2,1H3,(H,30,33)/t11?,12?,13-,14-,16-/m0/s1. The molecule has 3 aliphatic carbocycles. The smallest absolute Gasteiger partial charge is 0.282 e. The Labute approximate surface area is 214 Å². The van der Waals surface area contributed by atoms with Gasteiger partial charge in [-0.25, -0.2) is 35.7 Å². The average molecular weight is 560 g/mol. The van der Waals surface area contributed by atoms with Crippen molar-refractivity contribution in [1.82, 2.24) is 9.78 Å². The maximum atomic E-state index is 13.5. The Morgan fingerprint density at radius 3 is 2.68 bits per heavy atom. The van der Waals surface area contributed by atoms with E-state index in [4.69, 9.17) is 0 Å². The molecule has 2 fully saturated rings. The van der Waals surface area contributed by atoms with Gasteiger partial charge in [-0.1, -0.05) is 0 Å². The van der Waals surface area contributed by atoms with Gasteiger partial charge in [0.2, 0.25) is 5.91 Å². The van der Waals surface area contributed by atoms with Crippen LogP contribution in [0.3, 0.4) is 0 Å². The van der Waals surface area contributed by atoms with Gasteiger partial charge in [0.25, 0.3) is 6.43 Å². The van der Waals surface area contributed by atoms with Gasteiger partial charge in [-0.3, -0.25) is 4.79 Å². The van der Waals surface area contributed by atoms with Crippen LogP contribution >= 0.6 is 11.3 Å². The third kappa shape index (κ3) is 5.51. The highest BCUT2D eigenvalue weighted by molar-refractivity contribution is 7.91. The van der Waals surface area contributed by atoms with Gasteiger partial charge >= 0.3 is 0 Å². The minimum Gasteiger partial charge on any atom is -0.316 e. The van der Waals surface area contributed by atoms with Crippen LogP contribution in [0.1, 0.15) is 48.2 Å². The van der Waals surface area contributed by atoms with Crippen molar-refractivity contribution in [2.45, 2.75) is 68.2 Å². The van der Waals surface area contributed by atoms with E-state index in [1.54, 1.807) is 0 Å². The largest absolute Gasteiger partial charge is 0.316 e. The molecule has 3 atom stereocenters. The Hall–Kier alpha value is -2.57. The van der Waals surface area contributed by atoms with Crippen molar-refractivity contribution in [2.24, 2.45) is 28.9 Å². The fraction of sp³-hybridized carbons (Fsp3) is 0.609. The first-order valence-electron chi connectivity index (χ1n) is 12.0. The van der Waals surface area contributed by atoms with E-state index in [1.165, 1.54) is 23.1 Å². The highest BCUT2D eigenvalue weighted by Gasteiger charge is 2.45. The Bertz CT molecular complexity index is 1380. The summed E-state index contributed by atoms with van der Waals surface area (Å²) in [4.78, 5) is 21.5. The highest BCUT2D eigenvalue weighted by Crippen LogP contribution is 2.45. The van der Waals surface area contributed by atoms with E-state index in [0.717, 1.165) is 10.9 Å². The summed E-state index contributed by atoms with van der Waals surface area (Å²) in [6.45, 7) is 0. The molecule has 0 spiro atoms. The summed E-state index contributed by atoms with van der Waals surface area (Å²) in [5.41, 5.74) is 0.134. The molecule has 5 rings (SSSR count). The van der Waals surface area contributed by atoms with Crippen LogP contribution in [0.15, 0.2) is 20.9 Å². The van der Waals surface area contributed by atoms with Gasteiger partial charge in [-0.05, 0) is 50.0 Å². The molecule has 1 amide bonds. The van der Waals surface area contributed by atoms with Gasteiger partial charge in [0.05, 0.1) is 23.7 Å². The number of amides is 1. The van der Waals surface area contributed by atoms with Gasteiger partial charge in [0.15, 0.2) is 15.7 Å². The molecule has 0 unspecified atom stereocenters. The number of hydrogen-bond donors (Lipinski definition) is 1. The number of nitrogens with one attached hydrogen (secondary N) is 1. The fourth-order valence-corrected chi connectivity index (χ4v) is 8.42. The second-order valence-corrected chi connectivity index (χ2v) is 12.9. The summed E-state index contributed by atoms with van der Waals surface area (Å²) >= 11 is 1.17. The van der Waals surface area contributed by atoms with Crippen LogP contribution in [0.4, 0.5) is 28.4 Å². The van der Waals surface area contributed by atoms with Gasteiger partial charge < -0.3 is 5.32 Å². The third-order valence-corrected chi connectivity index (χ3v) is 10.2. The summed E-state index contributed by atoms with van der Waals surface area (Å²) in [5, 5.41) is 6.49. The highest BCUT2D eigenvalue weighted by atomic mass is 32.2. The number of aliphatic imine (C=N–C) groups is 2. The molecule has 2 heterocycles. The molecule has 2 aromatic rings. The number of hydrogen-bond acceptors (Lipinski definition) is 7. The number of aryl methyl sites for hydroxylation is 2. The van der Waals surface area contributed by atoms with Gasteiger partial charge in [0.1, 0.15) is 27.9 Å². The van der Waals surface area contributed by atoms with E-state index in [2.05, 4.69) is 26.4 Å². The SMILES string of the molecule is Cn1nc(C(F)F)cc1N=C=N[C@H]1CCc2sc(NC(=O)[C@H]3C[C@@H]3F)c(S(=O)(=O)CC3CC(F)C3)c2C1. The Morgan fingerprint density at radius 2 is 2.05 bits per heavy atom. The number of carbonyl (C=O) groups excluding carboxylic acids is 1. The number of nitrogens with zero attached hydrogens (tertiary/aromatic N) is 4. The summed E-state index contributed by atoms with van der Waals surface area (Å²) in [7, 11) is -2.40. The second kappa shape index (κ2) is 9.95. The summed E-state index contributed by atoms with van der Waals surface area (Å²) in [6.07, 6.45) is -3.15. The minimum absolute atomic E-state index is 0.0178. The lowest BCUT2D eigenvalue weighted by atomic mass is 9.85. The molecule has 2 aromatic heterocycles. The number of carbonyl (C=O) groups is 1. The van der Waals surface area contributed by atoms with Crippen molar-refractivity contribution in [3.05, 3.63) is 22.2 Å².